The average molecular weight is 534 g/mol. The quantitative estimate of drug-likeness (QED) is 0.359. The minimum atomic E-state index is -0.953. The number of benzene rings is 2. The smallest absolute Gasteiger partial charge is 0.408 e. The van der Waals surface area contributed by atoms with E-state index < -0.39 is 17.7 Å². The van der Waals surface area contributed by atoms with E-state index in [0.29, 0.717) is 29.2 Å². The summed E-state index contributed by atoms with van der Waals surface area (Å²) >= 11 is 0. The van der Waals surface area contributed by atoms with Crippen LogP contribution in [0.2, 0.25) is 0 Å². The highest BCUT2D eigenvalue weighted by Crippen LogP contribution is 2.29. The van der Waals surface area contributed by atoms with Gasteiger partial charge in [-0.1, -0.05) is 50.1 Å². The number of terminal acetylenes is 1. The number of alkyl carbamates (subject to hydrolysis) is 1. The van der Waals surface area contributed by atoms with E-state index in [0.717, 1.165) is 17.5 Å². The molecule has 0 aliphatic rings. The van der Waals surface area contributed by atoms with E-state index in [9.17, 15) is 14.4 Å². The number of rotatable bonds is 10. The van der Waals surface area contributed by atoms with E-state index in [2.05, 4.69) is 30.4 Å². The lowest BCUT2D eigenvalue weighted by molar-refractivity contribution is -0.140. The molecule has 2 aromatic carbocycles. The number of nitrogens with one attached hydrogen (secondary N) is 2. The molecule has 0 fully saturated rings. The van der Waals surface area contributed by atoms with E-state index >= 15 is 0 Å². The van der Waals surface area contributed by atoms with Crippen molar-refractivity contribution in [2.75, 3.05) is 11.9 Å². The van der Waals surface area contributed by atoms with Gasteiger partial charge in [0.1, 0.15) is 18.2 Å². The summed E-state index contributed by atoms with van der Waals surface area (Å²) in [6, 6.07) is 11.6. The maximum Gasteiger partial charge on any atom is 0.408 e. The van der Waals surface area contributed by atoms with E-state index in [-0.39, 0.29) is 24.4 Å². The Kier molecular flexibility index (Phi) is 11.2. The Morgan fingerprint density at radius 2 is 1.56 bits per heavy atom. The topological polar surface area (TPSA) is 87.7 Å². The SMILES string of the molecule is C#Cc1ccc(C(C(=O)Nc2c(C)cccc2C)N(C(=O)CNC(=O)OC(C)(C)C)C(C)CCC(C)C)cc1. The van der Waals surface area contributed by atoms with E-state index in [1.54, 1.807) is 49.9 Å². The van der Waals surface area contributed by atoms with Crippen LogP contribution >= 0.6 is 0 Å². The van der Waals surface area contributed by atoms with Crippen LogP contribution in [0.5, 0.6) is 0 Å². The number of carbonyl (C=O) groups is 3. The van der Waals surface area contributed by atoms with Gasteiger partial charge in [-0.2, -0.15) is 0 Å². The number of hydrogen-bond acceptors (Lipinski definition) is 4. The molecule has 2 rings (SSSR count). The maximum atomic E-state index is 14.0. The monoisotopic (exact) mass is 533 g/mol. The summed E-state index contributed by atoms with van der Waals surface area (Å²) in [5, 5.41) is 5.63. The van der Waals surface area contributed by atoms with Gasteiger partial charge in [-0.25, -0.2) is 4.79 Å². The molecule has 0 saturated heterocycles. The van der Waals surface area contributed by atoms with Crippen LogP contribution in [0, 0.1) is 32.1 Å². The van der Waals surface area contributed by atoms with E-state index in [1.807, 2.05) is 39.0 Å². The second-order valence-corrected chi connectivity index (χ2v) is 11.4. The van der Waals surface area contributed by atoms with Gasteiger partial charge in [-0.05, 0) is 89.1 Å². The molecule has 2 aromatic rings. The minimum absolute atomic E-state index is 0.290. The van der Waals surface area contributed by atoms with Crippen LogP contribution in [0.1, 0.15) is 82.7 Å². The molecule has 0 bridgehead atoms. The number of carbonyl (C=O) groups excluding carboxylic acids is 3. The highest BCUT2D eigenvalue weighted by Gasteiger charge is 2.35. The van der Waals surface area contributed by atoms with Crippen molar-refractivity contribution in [1.29, 1.82) is 0 Å². The summed E-state index contributed by atoms with van der Waals surface area (Å²) in [7, 11) is 0. The molecule has 0 spiro atoms. The van der Waals surface area contributed by atoms with Crippen molar-refractivity contribution in [3.05, 3.63) is 64.7 Å². The predicted molar refractivity (Wildman–Crippen MR) is 156 cm³/mol. The molecule has 0 aliphatic heterocycles. The van der Waals surface area contributed by atoms with Gasteiger partial charge in [0.2, 0.25) is 5.91 Å². The van der Waals surface area contributed by atoms with Crippen LogP contribution < -0.4 is 10.6 Å². The van der Waals surface area contributed by atoms with E-state index in [1.165, 1.54) is 0 Å². The Hall–Kier alpha value is -3.79. The average Bonchev–Trinajstić information content (AvgIpc) is 2.85. The molecular formula is C32H43N3O4. The first-order valence-electron chi connectivity index (χ1n) is 13.4. The summed E-state index contributed by atoms with van der Waals surface area (Å²) in [6.45, 7) is 15.0. The van der Waals surface area contributed by atoms with Gasteiger partial charge in [-0.3, -0.25) is 9.59 Å². The molecule has 0 aliphatic carbocycles. The molecule has 2 unspecified atom stereocenters. The lowest BCUT2D eigenvalue weighted by atomic mass is 9.97. The number of nitrogens with zero attached hydrogens (tertiary/aromatic N) is 1. The fourth-order valence-electron chi connectivity index (χ4n) is 4.31. The highest BCUT2D eigenvalue weighted by atomic mass is 16.6. The molecule has 2 atom stereocenters. The van der Waals surface area contributed by atoms with Crippen LogP contribution in [0.25, 0.3) is 0 Å². The summed E-state index contributed by atoms with van der Waals surface area (Å²) in [6.07, 6.45) is 6.42. The standard InChI is InChI=1S/C32H43N3O4/c1-10-25-16-18-26(19-17-25)29(30(37)34-28-22(4)12-11-13-23(28)5)35(24(6)15-14-21(2)3)27(36)20-33-31(38)39-32(7,8)9/h1,11-13,16-19,21,24,29H,14-15,20H2,2-9H3,(H,33,38)(H,34,37). The normalized spacial score (nSPS) is 12.7. The fraction of sp³-hybridized carbons (Fsp3) is 0.469. The Morgan fingerprint density at radius 1 is 0.974 bits per heavy atom. The summed E-state index contributed by atoms with van der Waals surface area (Å²) < 4.78 is 5.31. The molecule has 39 heavy (non-hydrogen) atoms. The molecule has 7 heteroatoms. The van der Waals surface area contributed by atoms with Gasteiger partial charge in [0.05, 0.1) is 0 Å². The number of hydrogen-bond donors (Lipinski definition) is 2. The first-order chi connectivity index (χ1) is 18.2. The first-order valence-corrected chi connectivity index (χ1v) is 13.4. The molecular weight excluding hydrogens is 490 g/mol. The summed E-state index contributed by atoms with van der Waals surface area (Å²) in [5.41, 5.74) is 3.14. The van der Waals surface area contributed by atoms with Gasteiger partial charge >= 0.3 is 6.09 Å². The molecule has 0 aromatic heterocycles. The zero-order valence-electron chi connectivity index (χ0n) is 24.6. The number of aryl methyl sites for hydroxylation is 2. The highest BCUT2D eigenvalue weighted by molar-refractivity contribution is 5.99. The minimum Gasteiger partial charge on any atom is -0.444 e. The number of para-hydroxylation sites is 1. The van der Waals surface area contributed by atoms with Crippen LogP contribution in [-0.4, -0.2) is 41.0 Å². The van der Waals surface area contributed by atoms with Gasteiger partial charge in [0, 0.05) is 17.3 Å². The third kappa shape index (κ3) is 9.47. The van der Waals surface area contributed by atoms with Crippen LogP contribution in [0.15, 0.2) is 42.5 Å². The van der Waals surface area contributed by atoms with E-state index in [4.69, 9.17) is 11.2 Å². The first kappa shape index (κ1) is 31.4. The summed E-state index contributed by atoms with van der Waals surface area (Å²) in [4.78, 5) is 41.7. The molecule has 210 valence electrons. The third-order valence-corrected chi connectivity index (χ3v) is 6.36. The largest absolute Gasteiger partial charge is 0.444 e. The Labute approximate surface area is 233 Å². The predicted octanol–water partition coefficient (Wildman–Crippen LogP) is 6.14. The van der Waals surface area contributed by atoms with Crippen molar-refractivity contribution < 1.29 is 19.1 Å². The maximum absolute atomic E-state index is 14.0. The third-order valence-electron chi connectivity index (χ3n) is 6.36. The second kappa shape index (κ2) is 13.8. The molecule has 0 radical (unpaired) electrons. The zero-order valence-corrected chi connectivity index (χ0v) is 24.6. The molecule has 3 amide bonds. The van der Waals surface area contributed by atoms with Crippen LogP contribution in [0.4, 0.5) is 10.5 Å². The van der Waals surface area contributed by atoms with Crippen molar-refractivity contribution >= 4 is 23.6 Å². The van der Waals surface area contributed by atoms with Crippen LogP contribution in [0.3, 0.4) is 0 Å². The summed E-state index contributed by atoms with van der Waals surface area (Å²) in [5.74, 6) is 2.28. The van der Waals surface area contributed by atoms with Crippen molar-refractivity contribution in [1.82, 2.24) is 10.2 Å². The van der Waals surface area contributed by atoms with Crippen molar-refractivity contribution in [2.45, 2.75) is 85.9 Å². The van der Waals surface area contributed by atoms with Crippen molar-refractivity contribution in [2.24, 2.45) is 5.92 Å². The van der Waals surface area contributed by atoms with Gasteiger partial charge in [0.15, 0.2) is 0 Å². The lowest BCUT2D eigenvalue weighted by Gasteiger charge is -2.37. The molecule has 0 saturated carbocycles. The van der Waals surface area contributed by atoms with Crippen LogP contribution in [-0.2, 0) is 14.3 Å². The van der Waals surface area contributed by atoms with Crippen molar-refractivity contribution in [3.63, 3.8) is 0 Å². The number of anilines is 1. The molecule has 7 nitrogen and oxygen atoms in total. The second-order valence-electron chi connectivity index (χ2n) is 11.4. The Balaban J connectivity index is 2.52. The van der Waals surface area contributed by atoms with Gasteiger partial charge in [-0.15, -0.1) is 6.42 Å². The number of ether oxygens (including phenoxy) is 1. The fourth-order valence-corrected chi connectivity index (χ4v) is 4.31. The zero-order chi connectivity index (χ0) is 29.3. The van der Waals surface area contributed by atoms with Gasteiger partial charge < -0.3 is 20.3 Å². The number of amides is 3. The Bertz CT molecular complexity index is 1170. The molecule has 0 heterocycles. The Morgan fingerprint density at radius 3 is 2.08 bits per heavy atom. The lowest BCUT2D eigenvalue weighted by Crippen LogP contribution is -2.50. The van der Waals surface area contributed by atoms with Gasteiger partial charge in [0.25, 0.3) is 5.91 Å². The van der Waals surface area contributed by atoms with Crippen molar-refractivity contribution in [3.8, 4) is 12.3 Å². The molecule has 2 N–H and O–H groups in total.